The van der Waals surface area contributed by atoms with Gasteiger partial charge in [-0.15, -0.1) is 0 Å². The van der Waals surface area contributed by atoms with Crippen LogP contribution >= 0.6 is 0 Å². The lowest BCUT2D eigenvalue weighted by Gasteiger charge is -2.29. The summed E-state index contributed by atoms with van der Waals surface area (Å²) in [7, 11) is 0. The summed E-state index contributed by atoms with van der Waals surface area (Å²) in [5, 5.41) is 5.08. The number of rotatable bonds is 5. The smallest absolute Gasteiger partial charge is 0.134 e. The molecule has 0 spiro atoms. The van der Waals surface area contributed by atoms with Crippen LogP contribution in [0.4, 0.5) is 0 Å². The summed E-state index contributed by atoms with van der Waals surface area (Å²) in [6.45, 7) is 5.45. The van der Waals surface area contributed by atoms with Gasteiger partial charge in [-0.2, -0.15) is 0 Å². The number of benzene rings is 1. The fourth-order valence-corrected chi connectivity index (χ4v) is 3.72. The second kappa shape index (κ2) is 6.65. The third-order valence-corrected chi connectivity index (χ3v) is 5.03. The van der Waals surface area contributed by atoms with Crippen LogP contribution in [0.1, 0.15) is 57.3 Å². The van der Waals surface area contributed by atoms with E-state index < -0.39 is 0 Å². The average Bonchev–Trinajstić information content (AvgIpc) is 2.91. The van der Waals surface area contributed by atoms with Crippen LogP contribution < -0.4 is 5.32 Å². The summed E-state index contributed by atoms with van der Waals surface area (Å²) in [6, 6.07) is 9.10. The maximum absolute atomic E-state index is 5.99. The van der Waals surface area contributed by atoms with Crippen molar-refractivity contribution in [3.05, 3.63) is 35.6 Å². The summed E-state index contributed by atoms with van der Waals surface area (Å²) < 4.78 is 5.99. The fraction of sp³-hybridized carbons (Fsp3) is 0.579. The maximum atomic E-state index is 5.99. The molecule has 3 rings (SSSR count). The van der Waals surface area contributed by atoms with Crippen LogP contribution in [0.3, 0.4) is 0 Å². The van der Waals surface area contributed by atoms with Crippen molar-refractivity contribution in [1.82, 2.24) is 5.32 Å². The summed E-state index contributed by atoms with van der Waals surface area (Å²) >= 11 is 0. The minimum absolute atomic E-state index is 0.682. The first-order chi connectivity index (χ1) is 10.3. The zero-order valence-electron chi connectivity index (χ0n) is 13.3. The Morgan fingerprint density at radius 3 is 2.86 bits per heavy atom. The van der Waals surface area contributed by atoms with Crippen LogP contribution in [0.25, 0.3) is 11.0 Å². The molecule has 2 aromatic rings. The van der Waals surface area contributed by atoms with Crippen molar-refractivity contribution in [1.29, 1.82) is 0 Å². The summed E-state index contributed by atoms with van der Waals surface area (Å²) in [5.41, 5.74) is 2.40. The Morgan fingerprint density at radius 1 is 1.19 bits per heavy atom. The van der Waals surface area contributed by atoms with E-state index in [9.17, 15) is 0 Å². The molecule has 0 radical (unpaired) electrons. The molecule has 2 heteroatoms. The van der Waals surface area contributed by atoms with Gasteiger partial charge in [0.1, 0.15) is 11.3 Å². The lowest BCUT2D eigenvalue weighted by atomic mass is 9.84. The first-order valence-corrected chi connectivity index (χ1v) is 8.54. The summed E-state index contributed by atoms with van der Waals surface area (Å²) in [5.74, 6) is 2.06. The zero-order valence-corrected chi connectivity index (χ0v) is 13.3. The second-order valence-corrected chi connectivity index (χ2v) is 6.37. The number of furan rings is 1. The quantitative estimate of drug-likeness (QED) is 0.831. The van der Waals surface area contributed by atoms with Gasteiger partial charge in [0, 0.05) is 30.0 Å². The molecule has 1 heterocycles. The monoisotopic (exact) mass is 285 g/mol. The summed E-state index contributed by atoms with van der Waals surface area (Å²) in [6.07, 6.45) is 7.76. The largest absolute Gasteiger partial charge is 0.461 e. The van der Waals surface area contributed by atoms with Gasteiger partial charge in [0.05, 0.1) is 0 Å². The molecule has 0 saturated heterocycles. The van der Waals surface area contributed by atoms with Crippen molar-refractivity contribution < 1.29 is 4.42 Å². The Labute approximate surface area is 127 Å². The SMILES string of the molecule is CCc1oc2ccccc2c1CNC1CCCC(CC)C1. The number of para-hydroxylation sites is 1. The Morgan fingerprint density at radius 2 is 2.05 bits per heavy atom. The molecule has 21 heavy (non-hydrogen) atoms. The van der Waals surface area contributed by atoms with Crippen LogP contribution in [0, 0.1) is 5.92 Å². The van der Waals surface area contributed by atoms with Gasteiger partial charge in [-0.05, 0) is 24.8 Å². The molecule has 0 aliphatic heterocycles. The van der Waals surface area contributed by atoms with Gasteiger partial charge in [0.2, 0.25) is 0 Å². The second-order valence-electron chi connectivity index (χ2n) is 6.37. The molecule has 1 saturated carbocycles. The highest BCUT2D eigenvalue weighted by Crippen LogP contribution is 2.29. The van der Waals surface area contributed by atoms with Gasteiger partial charge in [-0.3, -0.25) is 0 Å². The molecule has 1 fully saturated rings. The standard InChI is InChI=1S/C19H27NO/c1-3-14-8-7-9-15(12-14)20-13-17-16-10-5-6-11-19(16)21-18(17)4-2/h5-6,10-11,14-15,20H,3-4,7-9,12-13H2,1-2H3. The highest BCUT2D eigenvalue weighted by Gasteiger charge is 2.21. The lowest BCUT2D eigenvalue weighted by molar-refractivity contribution is 0.278. The number of nitrogens with one attached hydrogen (secondary N) is 1. The Hall–Kier alpha value is -1.28. The highest BCUT2D eigenvalue weighted by molar-refractivity contribution is 5.82. The van der Waals surface area contributed by atoms with E-state index in [1.165, 1.54) is 43.1 Å². The predicted octanol–water partition coefficient (Wildman–Crippen LogP) is 5.05. The van der Waals surface area contributed by atoms with E-state index in [0.29, 0.717) is 6.04 Å². The van der Waals surface area contributed by atoms with Crippen molar-refractivity contribution in [3.63, 3.8) is 0 Å². The fourth-order valence-electron chi connectivity index (χ4n) is 3.72. The van der Waals surface area contributed by atoms with E-state index in [1.54, 1.807) is 0 Å². The number of hydrogen-bond acceptors (Lipinski definition) is 2. The molecular formula is C19H27NO. The number of hydrogen-bond donors (Lipinski definition) is 1. The third-order valence-electron chi connectivity index (χ3n) is 5.03. The molecule has 0 bridgehead atoms. The molecule has 2 nitrogen and oxygen atoms in total. The van der Waals surface area contributed by atoms with E-state index in [4.69, 9.17) is 4.42 Å². The molecule has 2 atom stereocenters. The zero-order chi connectivity index (χ0) is 14.7. The first kappa shape index (κ1) is 14.6. The Kier molecular flexibility index (Phi) is 4.64. The van der Waals surface area contributed by atoms with E-state index in [1.807, 2.05) is 0 Å². The van der Waals surface area contributed by atoms with Crippen molar-refractivity contribution in [2.75, 3.05) is 0 Å². The minimum Gasteiger partial charge on any atom is -0.461 e. The molecule has 114 valence electrons. The van der Waals surface area contributed by atoms with E-state index >= 15 is 0 Å². The van der Waals surface area contributed by atoms with Crippen molar-refractivity contribution in [2.45, 2.75) is 65.0 Å². The van der Waals surface area contributed by atoms with Crippen LogP contribution in [-0.2, 0) is 13.0 Å². The molecule has 0 amide bonds. The molecular weight excluding hydrogens is 258 g/mol. The third kappa shape index (κ3) is 3.16. The lowest BCUT2D eigenvalue weighted by Crippen LogP contribution is -2.33. The van der Waals surface area contributed by atoms with E-state index in [-0.39, 0.29) is 0 Å². The summed E-state index contributed by atoms with van der Waals surface area (Å²) in [4.78, 5) is 0. The van der Waals surface area contributed by atoms with Crippen LogP contribution in [0.2, 0.25) is 0 Å². The van der Waals surface area contributed by atoms with Gasteiger partial charge >= 0.3 is 0 Å². The van der Waals surface area contributed by atoms with Gasteiger partial charge in [-0.1, -0.05) is 51.3 Å². The van der Waals surface area contributed by atoms with Crippen molar-refractivity contribution >= 4 is 11.0 Å². The molecule has 2 unspecified atom stereocenters. The van der Waals surface area contributed by atoms with Gasteiger partial charge in [0.15, 0.2) is 0 Å². The average molecular weight is 285 g/mol. The van der Waals surface area contributed by atoms with E-state index in [0.717, 1.165) is 30.2 Å². The normalized spacial score (nSPS) is 22.8. The van der Waals surface area contributed by atoms with Gasteiger partial charge in [0.25, 0.3) is 0 Å². The number of aryl methyl sites for hydroxylation is 1. The molecule has 1 aromatic carbocycles. The van der Waals surface area contributed by atoms with Crippen molar-refractivity contribution in [3.8, 4) is 0 Å². The van der Waals surface area contributed by atoms with Gasteiger partial charge in [-0.25, -0.2) is 0 Å². The van der Waals surface area contributed by atoms with Gasteiger partial charge < -0.3 is 9.73 Å². The molecule has 1 aliphatic rings. The topological polar surface area (TPSA) is 25.2 Å². The van der Waals surface area contributed by atoms with Crippen molar-refractivity contribution in [2.24, 2.45) is 5.92 Å². The van der Waals surface area contributed by atoms with Crippen LogP contribution in [-0.4, -0.2) is 6.04 Å². The Bertz CT molecular complexity index is 586. The molecule has 1 N–H and O–H groups in total. The molecule has 1 aliphatic carbocycles. The van der Waals surface area contributed by atoms with E-state index in [2.05, 4.69) is 43.4 Å². The van der Waals surface area contributed by atoms with Crippen LogP contribution in [0.15, 0.2) is 28.7 Å². The maximum Gasteiger partial charge on any atom is 0.134 e. The molecule has 1 aromatic heterocycles. The van der Waals surface area contributed by atoms with Crippen LogP contribution in [0.5, 0.6) is 0 Å². The first-order valence-electron chi connectivity index (χ1n) is 8.54. The Balaban J connectivity index is 1.72. The number of fused-ring (bicyclic) bond motifs is 1. The highest BCUT2D eigenvalue weighted by atomic mass is 16.3. The minimum atomic E-state index is 0.682. The predicted molar refractivity (Wildman–Crippen MR) is 88.5 cm³/mol.